The average molecular weight is 1100 g/mol. The van der Waals surface area contributed by atoms with Gasteiger partial charge in [0.25, 0.3) is 0 Å². The maximum atomic E-state index is 14.5. The van der Waals surface area contributed by atoms with Crippen molar-refractivity contribution >= 4 is 69.5 Å². The van der Waals surface area contributed by atoms with E-state index in [1.165, 1.54) is 11.0 Å². The molecule has 19 heteroatoms. The van der Waals surface area contributed by atoms with Crippen LogP contribution >= 0.6 is 22.9 Å². The number of carbonyl (C=O) groups excluding carboxylic acids is 4. The van der Waals surface area contributed by atoms with Gasteiger partial charge in [-0.15, -0.1) is 11.3 Å². The zero-order valence-electron chi connectivity index (χ0n) is 45.6. The number of aliphatic hydroxyl groups excluding tert-OH is 1. The lowest BCUT2D eigenvalue weighted by Gasteiger charge is -2.40. The molecule has 2 aromatic carbocycles. The molecule has 2 aliphatic heterocycles. The fourth-order valence-electron chi connectivity index (χ4n) is 10.1. The average Bonchev–Trinajstić information content (AvgIpc) is 4.13. The van der Waals surface area contributed by atoms with Crippen molar-refractivity contribution in [2.75, 3.05) is 44.3 Å². The van der Waals surface area contributed by atoms with E-state index in [0.717, 1.165) is 44.1 Å². The van der Waals surface area contributed by atoms with Crippen LogP contribution in [0.3, 0.4) is 0 Å². The number of β-amino-alcohol motifs (C(OH)–C–C–N with tert-alkyl or cyclic N) is 1. The number of likely N-dealkylation sites (tertiary alicyclic amines) is 1. The van der Waals surface area contributed by atoms with E-state index in [1.54, 1.807) is 27.0 Å². The maximum Gasteiger partial charge on any atom is 0.355 e. The summed E-state index contributed by atoms with van der Waals surface area (Å²) in [6, 6.07) is 17.2. The standard InChI is InChI=1S/C59H69ClN10O7S/c1-10-48(73)67-25-26-68(37(5)32-67)54-44-30-45(60)50(65-55(44)70(58(76)66-54)51-36(4)22-24-61-49(51)35(2)3)43-17-12-11-15-40(43)16-13-14-27-77-28-23-47(72)64-53(59(7,8)9)57(75)69-33-42(71)29-46(69)56(74)62-31-39-18-20-41(21-19-39)52-38(6)63-34-78-52/h10-13,15-22,24,30,34-35,37,42,46,53,71H,1,14,23,25-29,31-33H2,2-9H3,(H,62,74)(H,64,72)/b16-13-/t37-,42+,46-,53+/m0/s1. The third-order valence-electron chi connectivity index (χ3n) is 14.2. The molecule has 0 saturated carbocycles. The van der Waals surface area contributed by atoms with Gasteiger partial charge in [0, 0.05) is 63.4 Å². The van der Waals surface area contributed by atoms with Gasteiger partial charge in [0.05, 0.1) is 62.9 Å². The minimum atomic E-state index is -0.967. The molecular weight excluding hydrogens is 1030 g/mol. The first-order chi connectivity index (χ1) is 37.2. The first kappa shape index (κ1) is 57.1. The van der Waals surface area contributed by atoms with E-state index in [-0.39, 0.29) is 62.2 Å². The molecule has 4 aromatic heterocycles. The summed E-state index contributed by atoms with van der Waals surface area (Å²) >= 11 is 8.79. The van der Waals surface area contributed by atoms with E-state index in [2.05, 4.69) is 22.2 Å². The fraction of sp³-hybridized carbons (Fsp3) is 0.407. The Labute approximate surface area is 464 Å². The van der Waals surface area contributed by atoms with Crippen LogP contribution in [0.2, 0.25) is 5.02 Å². The Kier molecular flexibility index (Phi) is 18.1. The number of nitrogens with zero attached hydrogens (tertiary/aromatic N) is 8. The molecule has 0 radical (unpaired) electrons. The summed E-state index contributed by atoms with van der Waals surface area (Å²) in [7, 11) is 0. The number of anilines is 1. The van der Waals surface area contributed by atoms with E-state index < -0.39 is 35.2 Å². The highest BCUT2D eigenvalue weighted by atomic mass is 35.5. The first-order valence-corrected chi connectivity index (χ1v) is 27.7. The minimum absolute atomic E-state index is 0.00389. The number of aromatic nitrogens is 5. The number of hydrogen-bond acceptors (Lipinski definition) is 13. The highest BCUT2D eigenvalue weighted by Crippen LogP contribution is 2.37. The molecule has 2 saturated heterocycles. The Morgan fingerprint density at radius 3 is 2.45 bits per heavy atom. The summed E-state index contributed by atoms with van der Waals surface area (Å²) in [4.78, 5) is 93.4. The predicted octanol–water partition coefficient (Wildman–Crippen LogP) is 8.20. The van der Waals surface area contributed by atoms with Crippen molar-refractivity contribution in [1.82, 2.24) is 44.9 Å². The molecule has 4 atom stereocenters. The SMILES string of the molecule is C=CC(=O)N1CCN(c2nc(=O)n(-c3c(C)ccnc3C(C)C)c3nc(-c4ccccc4/C=C\CCOCCC(=O)N[C@H](C(=O)N4C[C@H](O)C[C@H]4C(=O)NCc4ccc(-c5scnc5C)cc4)C(C)(C)C)c(Cl)cc23)[C@@H](C)C1. The summed E-state index contributed by atoms with van der Waals surface area (Å²) < 4.78 is 7.44. The number of thiazole rings is 1. The Balaban J connectivity index is 0.917. The van der Waals surface area contributed by atoms with Gasteiger partial charge < -0.3 is 35.2 Å². The third-order valence-corrected chi connectivity index (χ3v) is 15.5. The Hall–Kier alpha value is -7.12. The van der Waals surface area contributed by atoms with Crippen LogP contribution in [0.5, 0.6) is 0 Å². The van der Waals surface area contributed by atoms with Gasteiger partial charge in [-0.1, -0.05) is 113 Å². The van der Waals surface area contributed by atoms with Crippen LogP contribution < -0.4 is 21.2 Å². The molecule has 410 valence electrons. The highest BCUT2D eigenvalue weighted by Gasteiger charge is 2.44. The second-order valence-electron chi connectivity index (χ2n) is 21.4. The number of amides is 4. The van der Waals surface area contributed by atoms with Gasteiger partial charge in [-0.2, -0.15) is 4.98 Å². The second kappa shape index (κ2) is 24.7. The molecule has 0 spiro atoms. The molecule has 3 N–H and O–H groups in total. The first-order valence-electron chi connectivity index (χ1n) is 26.4. The molecule has 2 aliphatic rings. The number of piperazine rings is 1. The van der Waals surface area contributed by atoms with Crippen LogP contribution in [-0.2, 0) is 30.5 Å². The summed E-state index contributed by atoms with van der Waals surface area (Å²) in [5, 5.41) is 17.5. The highest BCUT2D eigenvalue weighted by molar-refractivity contribution is 7.13. The topological polar surface area (TPSA) is 205 Å². The van der Waals surface area contributed by atoms with E-state index in [1.807, 2.05) is 139 Å². The number of carbonyl (C=O) groups is 4. The van der Waals surface area contributed by atoms with E-state index in [4.69, 9.17) is 31.3 Å². The van der Waals surface area contributed by atoms with Crippen molar-refractivity contribution < 1.29 is 29.0 Å². The van der Waals surface area contributed by atoms with Crippen molar-refractivity contribution in [2.24, 2.45) is 5.41 Å². The summed E-state index contributed by atoms with van der Waals surface area (Å²) in [5.74, 6) is -0.947. The van der Waals surface area contributed by atoms with E-state index >= 15 is 0 Å². The molecule has 0 unspecified atom stereocenters. The van der Waals surface area contributed by atoms with Crippen molar-refractivity contribution in [2.45, 2.75) is 111 Å². The molecule has 8 rings (SSSR count). The fourth-order valence-corrected chi connectivity index (χ4v) is 11.2. The number of aliphatic hydroxyl groups is 1. The van der Waals surface area contributed by atoms with E-state index in [0.29, 0.717) is 65.9 Å². The Morgan fingerprint density at radius 1 is 1.00 bits per heavy atom. The van der Waals surface area contributed by atoms with Crippen LogP contribution in [0, 0.1) is 19.3 Å². The monoisotopic (exact) mass is 1100 g/mol. The molecule has 6 aromatic rings. The lowest BCUT2D eigenvalue weighted by molar-refractivity contribution is -0.144. The predicted molar refractivity (Wildman–Crippen MR) is 307 cm³/mol. The number of fused-ring (bicyclic) bond motifs is 1. The zero-order chi connectivity index (χ0) is 56.0. The van der Waals surface area contributed by atoms with Crippen LogP contribution in [-0.4, -0.2) is 127 Å². The number of benzene rings is 2. The number of pyridine rings is 2. The summed E-state index contributed by atoms with van der Waals surface area (Å²) in [5.41, 5.74) is 8.01. The molecule has 2 fully saturated rings. The van der Waals surface area contributed by atoms with Crippen LogP contribution in [0.25, 0.3) is 44.5 Å². The number of aryl methyl sites for hydroxylation is 2. The molecule has 6 heterocycles. The smallest absolute Gasteiger partial charge is 0.355 e. The third kappa shape index (κ3) is 12.7. The molecule has 17 nitrogen and oxygen atoms in total. The van der Waals surface area contributed by atoms with Crippen molar-refractivity contribution in [3.63, 3.8) is 0 Å². The molecule has 0 bridgehead atoms. The van der Waals surface area contributed by atoms with Crippen LogP contribution in [0.4, 0.5) is 5.82 Å². The molecular formula is C59H69ClN10O7S. The summed E-state index contributed by atoms with van der Waals surface area (Å²) in [6.07, 6.45) is 6.66. The van der Waals surface area contributed by atoms with Gasteiger partial charge in [-0.05, 0) is 79.0 Å². The van der Waals surface area contributed by atoms with Crippen LogP contribution in [0.15, 0.2) is 95.9 Å². The number of hydrogen-bond donors (Lipinski definition) is 3. The Bertz CT molecular complexity index is 3300. The van der Waals surface area contributed by atoms with Gasteiger partial charge >= 0.3 is 5.69 Å². The van der Waals surface area contributed by atoms with Gasteiger partial charge in [0.1, 0.15) is 17.9 Å². The second-order valence-corrected chi connectivity index (χ2v) is 22.6. The summed E-state index contributed by atoms with van der Waals surface area (Å²) in [6.45, 7) is 21.0. The molecule has 4 amide bonds. The Morgan fingerprint density at radius 2 is 1.76 bits per heavy atom. The largest absolute Gasteiger partial charge is 0.391 e. The van der Waals surface area contributed by atoms with Gasteiger partial charge in [-0.3, -0.25) is 24.2 Å². The molecule has 0 aliphatic carbocycles. The quantitative estimate of drug-likeness (QED) is 0.0551. The molecule has 78 heavy (non-hydrogen) atoms. The maximum absolute atomic E-state index is 14.5. The zero-order valence-corrected chi connectivity index (χ0v) is 47.2. The van der Waals surface area contributed by atoms with Gasteiger partial charge in [-0.25, -0.2) is 19.3 Å². The number of rotatable bonds is 18. The van der Waals surface area contributed by atoms with E-state index in [9.17, 15) is 29.1 Å². The van der Waals surface area contributed by atoms with Crippen molar-refractivity contribution in [3.8, 4) is 27.4 Å². The number of ether oxygens (including phenoxy) is 1. The van der Waals surface area contributed by atoms with Crippen molar-refractivity contribution in [1.29, 1.82) is 0 Å². The van der Waals surface area contributed by atoms with Gasteiger partial charge in [0.15, 0.2) is 5.65 Å². The van der Waals surface area contributed by atoms with Crippen molar-refractivity contribution in [3.05, 3.63) is 135 Å². The van der Waals surface area contributed by atoms with Crippen LogP contribution in [0.1, 0.15) is 94.8 Å². The number of halogens is 1. The van der Waals surface area contributed by atoms with Gasteiger partial charge in [0.2, 0.25) is 23.6 Å². The lowest BCUT2D eigenvalue weighted by atomic mass is 9.85. The number of nitrogens with one attached hydrogen (secondary N) is 2. The lowest BCUT2D eigenvalue weighted by Crippen LogP contribution is -2.57. The minimum Gasteiger partial charge on any atom is -0.391 e. The normalized spacial score (nSPS) is 17.3.